The number of amides is 1. The van der Waals surface area contributed by atoms with E-state index in [2.05, 4.69) is 10.3 Å². The van der Waals surface area contributed by atoms with Crippen LogP contribution in [0.5, 0.6) is 5.75 Å². The fourth-order valence-corrected chi connectivity index (χ4v) is 1.94. The topological polar surface area (TPSA) is 67.2 Å². The number of imidazole rings is 1. The van der Waals surface area contributed by atoms with Crippen LogP contribution < -0.4 is 5.32 Å². The molecule has 1 aromatic heterocycles. The third kappa shape index (κ3) is 4.76. The van der Waals surface area contributed by atoms with E-state index in [1.54, 1.807) is 36.8 Å². The van der Waals surface area contributed by atoms with Gasteiger partial charge >= 0.3 is 0 Å². The third-order valence-electron chi connectivity index (χ3n) is 3.03. The number of hydrogen-bond acceptors (Lipinski definition) is 3. The summed E-state index contributed by atoms with van der Waals surface area (Å²) in [5.41, 5.74) is 0.714. The molecule has 0 aliphatic carbocycles. The molecule has 1 amide bonds. The highest BCUT2D eigenvalue weighted by Gasteiger charge is 2.02. The maximum atomic E-state index is 11.7. The normalized spacial score (nSPS) is 10.4. The van der Waals surface area contributed by atoms with E-state index in [4.69, 9.17) is 5.11 Å². The Balaban J connectivity index is 1.59. The highest BCUT2D eigenvalue weighted by Crippen LogP contribution is 2.14. The number of aromatic hydroxyl groups is 1. The number of phenols is 1. The Morgan fingerprint density at radius 1 is 1.20 bits per heavy atom. The largest absolute Gasteiger partial charge is 0.508 e. The third-order valence-corrected chi connectivity index (χ3v) is 3.03. The lowest BCUT2D eigenvalue weighted by Crippen LogP contribution is -2.10. The fraction of sp³-hybridized carbons (Fsp3) is 0.333. The lowest BCUT2D eigenvalue weighted by atomic mass is 10.2. The minimum atomic E-state index is 0.0123. The number of nitrogens with zero attached hydrogens (tertiary/aromatic N) is 2. The molecule has 0 bridgehead atoms. The number of hydrogen-bond donors (Lipinski definition) is 2. The Labute approximate surface area is 118 Å². The highest BCUT2D eigenvalue weighted by molar-refractivity contribution is 5.90. The molecule has 0 radical (unpaired) electrons. The number of phenolic OH excluding ortho intramolecular Hbond substituents is 1. The van der Waals surface area contributed by atoms with E-state index in [9.17, 15) is 4.79 Å². The van der Waals surface area contributed by atoms with Crippen molar-refractivity contribution in [1.29, 1.82) is 0 Å². The van der Waals surface area contributed by atoms with Crippen LogP contribution in [-0.4, -0.2) is 20.6 Å². The average Bonchev–Trinajstić information content (AvgIpc) is 2.94. The van der Waals surface area contributed by atoms with Crippen LogP contribution in [0.3, 0.4) is 0 Å². The van der Waals surface area contributed by atoms with E-state index in [-0.39, 0.29) is 11.7 Å². The second-order valence-corrected chi connectivity index (χ2v) is 4.71. The summed E-state index contributed by atoms with van der Waals surface area (Å²) in [6.45, 7) is 0.944. The van der Waals surface area contributed by atoms with Crippen molar-refractivity contribution in [3.63, 3.8) is 0 Å². The second kappa shape index (κ2) is 7.33. The summed E-state index contributed by atoms with van der Waals surface area (Å²) < 4.78 is 2.04. The Morgan fingerprint density at radius 3 is 2.70 bits per heavy atom. The summed E-state index contributed by atoms with van der Waals surface area (Å²) in [5, 5.41) is 12.0. The summed E-state index contributed by atoms with van der Waals surface area (Å²) >= 11 is 0. The van der Waals surface area contributed by atoms with Crippen LogP contribution in [0.2, 0.25) is 0 Å². The van der Waals surface area contributed by atoms with Gasteiger partial charge < -0.3 is 15.0 Å². The molecule has 1 aromatic carbocycles. The van der Waals surface area contributed by atoms with E-state index in [0.29, 0.717) is 12.1 Å². The zero-order chi connectivity index (χ0) is 14.2. The van der Waals surface area contributed by atoms with Crippen LogP contribution in [0.1, 0.15) is 25.7 Å². The smallest absolute Gasteiger partial charge is 0.224 e. The number of carbonyl (C=O) groups excluding carboxylic acids is 1. The molecule has 2 rings (SSSR count). The van der Waals surface area contributed by atoms with Crippen molar-refractivity contribution in [3.05, 3.63) is 43.0 Å². The van der Waals surface area contributed by atoms with Gasteiger partial charge in [-0.2, -0.15) is 0 Å². The first kappa shape index (κ1) is 14.1. The lowest BCUT2D eigenvalue weighted by molar-refractivity contribution is -0.116. The summed E-state index contributed by atoms with van der Waals surface area (Å²) in [7, 11) is 0. The minimum Gasteiger partial charge on any atom is -0.508 e. The standard InChI is InChI=1S/C15H19N3O2/c19-14-7-5-13(6-8-14)17-15(20)4-2-1-3-10-18-11-9-16-12-18/h5-9,11-12,19H,1-4,10H2,(H,17,20). The summed E-state index contributed by atoms with van der Waals surface area (Å²) in [4.78, 5) is 15.7. The van der Waals surface area contributed by atoms with Gasteiger partial charge in [-0.1, -0.05) is 6.42 Å². The first-order valence-electron chi connectivity index (χ1n) is 6.79. The quantitative estimate of drug-likeness (QED) is 0.602. The maximum Gasteiger partial charge on any atom is 0.224 e. The molecule has 0 saturated carbocycles. The number of benzene rings is 1. The number of unbranched alkanes of at least 4 members (excludes halogenated alkanes) is 2. The monoisotopic (exact) mass is 273 g/mol. The van der Waals surface area contributed by atoms with Gasteiger partial charge in [0.1, 0.15) is 5.75 Å². The van der Waals surface area contributed by atoms with E-state index >= 15 is 0 Å². The molecule has 106 valence electrons. The van der Waals surface area contributed by atoms with Gasteiger partial charge in [0.05, 0.1) is 6.33 Å². The number of carbonyl (C=O) groups is 1. The Morgan fingerprint density at radius 2 is 2.00 bits per heavy atom. The van der Waals surface area contributed by atoms with Crippen LogP contribution in [0.15, 0.2) is 43.0 Å². The Hall–Kier alpha value is -2.30. The number of rotatable bonds is 7. The SMILES string of the molecule is O=C(CCCCCn1ccnc1)Nc1ccc(O)cc1. The maximum absolute atomic E-state index is 11.7. The minimum absolute atomic E-state index is 0.0123. The van der Waals surface area contributed by atoms with Crippen molar-refractivity contribution in [1.82, 2.24) is 9.55 Å². The van der Waals surface area contributed by atoms with E-state index in [0.717, 1.165) is 25.8 Å². The van der Waals surface area contributed by atoms with E-state index < -0.39 is 0 Å². The van der Waals surface area contributed by atoms with Crippen LogP contribution >= 0.6 is 0 Å². The number of anilines is 1. The summed E-state index contributed by atoms with van der Waals surface area (Å²) in [5.74, 6) is 0.209. The van der Waals surface area contributed by atoms with Crippen molar-refractivity contribution >= 4 is 11.6 Å². The molecule has 5 nitrogen and oxygen atoms in total. The summed E-state index contributed by atoms with van der Waals surface area (Å²) in [6.07, 6.45) is 8.97. The molecule has 0 spiro atoms. The second-order valence-electron chi connectivity index (χ2n) is 4.71. The van der Waals surface area contributed by atoms with E-state index in [1.807, 2.05) is 10.8 Å². The number of aromatic nitrogens is 2. The zero-order valence-corrected chi connectivity index (χ0v) is 11.3. The van der Waals surface area contributed by atoms with Crippen molar-refractivity contribution in [2.24, 2.45) is 0 Å². The van der Waals surface area contributed by atoms with E-state index in [1.165, 1.54) is 0 Å². The Bertz CT molecular complexity index is 521. The van der Waals surface area contributed by atoms with Gasteiger partial charge in [0.25, 0.3) is 0 Å². The van der Waals surface area contributed by atoms with Gasteiger partial charge in [0, 0.05) is 31.0 Å². The van der Waals surface area contributed by atoms with Crippen molar-refractivity contribution < 1.29 is 9.90 Å². The van der Waals surface area contributed by atoms with Crippen molar-refractivity contribution in [3.8, 4) is 5.75 Å². The van der Waals surface area contributed by atoms with Gasteiger partial charge in [-0.05, 0) is 37.1 Å². The molecular weight excluding hydrogens is 254 g/mol. The number of aryl methyl sites for hydroxylation is 1. The predicted molar refractivity (Wildman–Crippen MR) is 77.4 cm³/mol. The molecular formula is C15H19N3O2. The van der Waals surface area contributed by atoms with Gasteiger partial charge in [-0.15, -0.1) is 0 Å². The zero-order valence-electron chi connectivity index (χ0n) is 11.3. The van der Waals surface area contributed by atoms with Gasteiger partial charge in [-0.3, -0.25) is 4.79 Å². The Kier molecular flexibility index (Phi) is 5.17. The molecule has 0 aliphatic heterocycles. The highest BCUT2D eigenvalue weighted by atomic mass is 16.3. The van der Waals surface area contributed by atoms with Crippen LogP contribution in [-0.2, 0) is 11.3 Å². The van der Waals surface area contributed by atoms with Gasteiger partial charge in [-0.25, -0.2) is 4.98 Å². The van der Waals surface area contributed by atoms with Gasteiger partial charge in [0.2, 0.25) is 5.91 Å². The van der Waals surface area contributed by atoms with Crippen LogP contribution in [0, 0.1) is 0 Å². The molecule has 0 fully saturated rings. The lowest BCUT2D eigenvalue weighted by Gasteiger charge is -2.05. The first-order valence-corrected chi connectivity index (χ1v) is 6.79. The predicted octanol–water partition coefficient (Wildman–Crippen LogP) is 2.79. The average molecular weight is 273 g/mol. The molecule has 0 unspecified atom stereocenters. The van der Waals surface area contributed by atoms with Gasteiger partial charge in [0.15, 0.2) is 0 Å². The van der Waals surface area contributed by atoms with Crippen LogP contribution in [0.25, 0.3) is 0 Å². The van der Waals surface area contributed by atoms with Crippen molar-refractivity contribution in [2.75, 3.05) is 5.32 Å². The van der Waals surface area contributed by atoms with Crippen LogP contribution in [0.4, 0.5) is 5.69 Å². The molecule has 1 heterocycles. The molecule has 0 atom stereocenters. The molecule has 20 heavy (non-hydrogen) atoms. The number of nitrogens with one attached hydrogen (secondary N) is 1. The fourth-order valence-electron chi connectivity index (χ4n) is 1.94. The first-order chi connectivity index (χ1) is 9.74. The molecule has 2 aromatic rings. The molecule has 0 aliphatic rings. The molecule has 0 saturated heterocycles. The molecule has 5 heteroatoms. The molecule has 2 N–H and O–H groups in total. The van der Waals surface area contributed by atoms with Crippen molar-refractivity contribution in [2.45, 2.75) is 32.2 Å². The summed E-state index contributed by atoms with van der Waals surface area (Å²) in [6, 6.07) is 6.49.